The second-order valence-electron chi connectivity index (χ2n) is 5.05. The number of rotatable bonds is 6. The van der Waals surface area contributed by atoms with Crippen LogP contribution in [0.25, 0.3) is 0 Å². The molecule has 0 saturated heterocycles. The van der Waals surface area contributed by atoms with Gasteiger partial charge in [-0.2, -0.15) is 0 Å². The van der Waals surface area contributed by atoms with Gasteiger partial charge >= 0.3 is 0 Å². The molecule has 0 bridgehead atoms. The monoisotopic (exact) mass is 352 g/mol. The van der Waals surface area contributed by atoms with Crippen LogP contribution in [-0.4, -0.2) is 26.7 Å². The fraction of sp³-hybridized carbons (Fsp3) is 0.235. The van der Waals surface area contributed by atoms with E-state index in [-0.39, 0.29) is 18.3 Å². The molecule has 0 atom stereocenters. The van der Waals surface area contributed by atoms with E-state index in [1.54, 1.807) is 31.2 Å². The molecule has 7 heteroatoms. The van der Waals surface area contributed by atoms with E-state index in [1.165, 1.54) is 20.3 Å². The standard InChI is InChI=1S/C17H18ClFN2O3/c1-10-4-5-11(6-13(10)19)21-17(22)9-20-14-8-15(23-2)12(18)7-16(14)24-3/h4-8,20H,9H2,1-3H3,(H,21,22). The second kappa shape index (κ2) is 7.88. The van der Waals surface area contributed by atoms with Gasteiger partial charge in [0.1, 0.15) is 17.3 Å². The zero-order valence-electron chi connectivity index (χ0n) is 13.6. The molecular formula is C17H18ClFN2O3. The van der Waals surface area contributed by atoms with Gasteiger partial charge in [-0.1, -0.05) is 17.7 Å². The van der Waals surface area contributed by atoms with Gasteiger partial charge in [-0.25, -0.2) is 4.39 Å². The van der Waals surface area contributed by atoms with Crippen LogP contribution in [0.4, 0.5) is 15.8 Å². The number of nitrogens with one attached hydrogen (secondary N) is 2. The van der Waals surface area contributed by atoms with Gasteiger partial charge in [-0.05, 0) is 24.6 Å². The molecule has 0 heterocycles. The largest absolute Gasteiger partial charge is 0.495 e. The number of methoxy groups -OCH3 is 2. The van der Waals surface area contributed by atoms with Crippen molar-refractivity contribution >= 4 is 28.9 Å². The summed E-state index contributed by atoms with van der Waals surface area (Å²) in [4.78, 5) is 12.0. The molecular weight excluding hydrogens is 335 g/mol. The van der Waals surface area contributed by atoms with E-state index < -0.39 is 0 Å². The first-order valence-electron chi connectivity index (χ1n) is 7.16. The number of anilines is 2. The number of carbonyl (C=O) groups excluding carboxylic acids is 1. The third-order valence-electron chi connectivity index (χ3n) is 3.37. The Balaban J connectivity index is 2.04. The zero-order chi connectivity index (χ0) is 17.7. The van der Waals surface area contributed by atoms with Crippen LogP contribution < -0.4 is 20.1 Å². The van der Waals surface area contributed by atoms with Crippen LogP contribution in [-0.2, 0) is 4.79 Å². The van der Waals surface area contributed by atoms with Crippen molar-refractivity contribution in [2.24, 2.45) is 0 Å². The van der Waals surface area contributed by atoms with Gasteiger partial charge in [0.2, 0.25) is 5.91 Å². The van der Waals surface area contributed by atoms with Crippen molar-refractivity contribution in [2.75, 3.05) is 31.4 Å². The molecule has 0 unspecified atom stereocenters. The van der Waals surface area contributed by atoms with E-state index in [1.807, 2.05) is 0 Å². The maximum absolute atomic E-state index is 13.5. The summed E-state index contributed by atoms with van der Waals surface area (Å²) in [5, 5.41) is 5.96. The van der Waals surface area contributed by atoms with Crippen molar-refractivity contribution in [1.29, 1.82) is 0 Å². The van der Waals surface area contributed by atoms with Crippen LogP contribution >= 0.6 is 11.6 Å². The molecule has 0 aliphatic rings. The van der Waals surface area contributed by atoms with Gasteiger partial charge in [0.05, 0.1) is 31.5 Å². The number of ether oxygens (including phenoxy) is 2. The lowest BCUT2D eigenvalue weighted by atomic mass is 10.2. The highest BCUT2D eigenvalue weighted by molar-refractivity contribution is 6.32. The van der Waals surface area contributed by atoms with Crippen molar-refractivity contribution in [3.8, 4) is 11.5 Å². The Labute approximate surface area is 144 Å². The number of aryl methyl sites for hydroxylation is 1. The number of carbonyl (C=O) groups is 1. The Morgan fingerprint density at radius 1 is 1.17 bits per heavy atom. The molecule has 2 rings (SSSR count). The van der Waals surface area contributed by atoms with Gasteiger partial charge in [-0.15, -0.1) is 0 Å². The molecule has 128 valence electrons. The van der Waals surface area contributed by atoms with E-state index >= 15 is 0 Å². The Bertz CT molecular complexity index is 753. The molecule has 24 heavy (non-hydrogen) atoms. The first-order chi connectivity index (χ1) is 11.4. The molecule has 5 nitrogen and oxygen atoms in total. The fourth-order valence-electron chi connectivity index (χ4n) is 2.05. The maximum Gasteiger partial charge on any atom is 0.243 e. The average molecular weight is 353 g/mol. The number of hydrogen-bond acceptors (Lipinski definition) is 4. The van der Waals surface area contributed by atoms with Crippen molar-refractivity contribution in [2.45, 2.75) is 6.92 Å². The lowest BCUT2D eigenvalue weighted by Crippen LogP contribution is -2.22. The molecule has 2 aromatic rings. The Kier molecular flexibility index (Phi) is 5.87. The summed E-state index contributed by atoms with van der Waals surface area (Å²) < 4.78 is 23.9. The number of amides is 1. The Hall–Kier alpha value is -2.47. The predicted octanol–water partition coefficient (Wildman–Crippen LogP) is 3.86. The van der Waals surface area contributed by atoms with E-state index in [4.69, 9.17) is 21.1 Å². The Morgan fingerprint density at radius 2 is 1.88 bits per heavy atom. The van der Waals surface area contributed by atoms with Crippen LogP contribution in [0.15, 0.2) is 30.3 Å². The summed E-state index contributed by atoms with van der Waals surface area (Å²) in [5.41, 5.74) is 1.47. The van der Waals surface area contributed by atoms with Gasteiger partial charge < -0.3 is 20.1 Å². The summed E-state index contributed by atoms with van der Waals surface area (Å²) in [7, 11) is 2.99. The van der Waals surface area contributed by atoms with Crippen molar-refractivity contribution in [3.63, 3.8) is 0 Å². The minimum atomic E-state index is -0.370. The van der Waals surface area contributed by atoms with Gasteiger partial charge in [0.15, 0.2) is 0 Å². The van der Waals surface area contributed by atoms with Crippen LogP contribution in [0, 0.1) is 12.7 Å². The van der Waals surface area contributed by atoms with Gasteiger partial charge in [-0.3, -0.25) is 4.79 Å². The minimum absolute atomic E-state index is 0.0311. The molecule has 2 aromatic carbocycles. The van der Waals surface area contributed by atoms with Gasteiger partial charge in [0, 0.05) is 17.8 Å². The Morgan fingerprint density at radius 3 is 2.50 bits per heavy atom. The molecule has 2 N–H and O–H groups in total. The van der Waals surface area contributed by atoms with Crippen LogP contribution in [0.5, 0.6) is 11.5 Å². The van der Waals surface area contributed by atoms with Crippen LogP contribution in [0.2, 0.25) is 5.02 Å². The molecule has 0 aromatic heterocycles. The smallest absolute Gasteiger partial charge is 0.243 e. The summed E-state index contributed by atoms with van der Waals surface area (Å²) in [6.45, 7) is 1.62. The fourth-order valence-corrected chi connectivity index (χ4v) is 2.28. The average Bonchev–Trinajstić information content (AvgIpc) is 2.56. The summed E-state index contributed by atoms with van der Waals surface area (Å²) in [6, 6.07) is 7.75. The maximum atomic E-state index is 13.5. The van der Waals surface area contributed by atoms with Crippen molar-refractivity contribution < 1.29 is 18.7 Å². The topological polar surface area (TPSA) is 59.6 Å². The van der Waals surface area contributed by atoms with Crippen molar-refractivity contribution in [3.05, 3.63) is 46.7 Å². The normalized spacial score (nSPS) is 10.2. The summed E-state index contributed by atoms with van der Waals surface area (Å²) >= 11 is 6.03. The molecule has 0 spiro atoms. The molecule has 1 amide bonds. The minimum Gasteiger partial charge on any atom is -0.495 e. The summed E-state index contributed by atoms with van der Waals surface area (Å²) in [6.07, 6.45) is 0. The highest BCUT2D eigenvalue weighted by atomic mass is 35.5. The van der Waals surface area contributed by atoms with Crippen molar-refractivity contribution in [1.82, 2.24) is 0 Å². The highest BCUT2D eigenvalue weighted by Crippen LogP contribution is 2.35. The van der Waals surface area contributed by atoms with E-state index in [0.717, 1.165) is 0 Å². The molecule has 0 radical (unpaired) electrons. The quantitative estimate of drug-likeness (QED) is 0.829. The lowest BCUT2D eigenvalue weighted by Gasteiger charge is -2.14. The third kappa shape index (κ3) is 4.29. The zero-order valence-corrected chi connectivity index (χ0v) is 14.3. The van der Waals surface area contributed by atoms with Gasteiger partial charge in [0.25, 0.3) is 0 Å². The second-order valence-corrected chi connectivity index (χ2v) is 5.46. The predicted molar refractivity (Wildman–Crippen MR) is 92.8 cm³/mol. The van der Waals surface area contributed by atoms with Crippen LogP contribution in [0.1, 0.15) is 5.56 Å². The van der Waals surface area contributed by atoms with E-state index in [9.17, 15) is 9.18 Å². The van der Waals surface area contributed by atoms with E-state index in [0.29, 0.717) is 33.5 Å². The van der Waals surface area contributed by atoms with E-state index in [2.05, 4.69) is 10.6 Å². The molecule has 0 aliphatic heterocycles. The summed E-state index contributed by atoms with van der Waals surface area (Å²) in [5.74, 6) is 0.245. The van der Waals surface area contributed by atoms with Crippen LogP contribution in [0.3, 0.4) is 0 Å². The highest BCUT2D eigenvalue weighted by Gasteiger charge is 2.11. The first-order valence-corrected chi connectivity index (χ1v) is 7.53. The molecule has 0 fully saturated rings. The molecule has 0 aliphatic carbocycles. The lowest BCUT2D eigenvalue weighted by molar-refractivity contribution is -0.114. The SMILES string of the molecule is COc1cc(NCC(=O)Nc2ccc(C)c(F)c2)c(OC)cc1Cl. The molecule has 0 saturated carbocycles. The number of halogens is 2. The number of benzene rings is 2. The number of hydrogen-bond donors (Lipinski definition) is 2. The third-order valence-corrected chi connectivity index (χ3v) is 3.66. The first kappa shape index (κ1) is 17.9.